The van der Waals surface area contributed by atoms with Crippen LogP contribution < -0.4 is 5.32 Å². The number of nitrogens with one attached hydrogen (secondary N) is 1. The SMILES string of the molecule is CN(C[C@@H](O)C(F)(F)F)[C@H]1CCCC[C@@H]1NC(C)(C)C. The summed E-state index contributed by atoms with van der Waals surface area (Å²) in [7, 11) is 1.67. The average Bonchev–Trinajstić information content (AvgIpc) is 2.25. The third kappa shape index (κ3) is 5.58. The predicted octanol–water partition coefficient (Wildman–Crippen LogP) is 2.54. The first-order chi connectivity index (χ1) is 9.00. The molecule has 3 atom stereocenters. The zero-order valence-electron chi connectivity index (χ0n) is 12.8. The molecule has 0 amide bonds. The monoisotopic (exact) mass is 296 g/mol. The minimum Gasteiger partial charge on any atom is -0.382 e. The van der Waals surface area contributed by atoms with E-state index in [0.29, 0.717) is 0 Å². The molecule has 1 aliphatic rings. The summed E-state index contributed by atoms with van der Waals surface area (Å²) in [4.78, 5) is 1.65. The number of halogens is 3. The number of hydrogen-bond acceptors (Lipinski definition) is 3. The second-order valence-corrected chi connectivity index (χ2v) is 6.85. The van der Waals surface area contributed by atoms with Crippen LogP contribution in [-0.4, -0.2) is 53.5 Å². The average molecular weight is 296 g/mol. The van der Waals surface area contributed by atoms with E-state index in [1.807, 2.05) is 0 Å². The van der Waals surface area contributed by atoms with Crippen LogP contribution in [0, 0.1) is 0 Å². The molecule has 6 heteroatoms. The number of likely N-dealkylation sites (N-methyl/N-ethyl adjacent to an activating group) is 1. The molecule has 2 N–H and O–H groups in total. The Bertz CT molecular complexity index is 302. The molecule has 1 aliphatic carbocycles. The molecule has 0 heterocycles. The van der Waals surface area contributed by atoms with Crippen molar-refractivity contribution in [2.24, 2.45) is 0 Å². The largest absolute Gasteiger partial charge is 0.415 e. The maximum absolute atomic E-state index is 12.5. The van der Waals surface area contributed by atoms with Crippen LogP contribution in [0.1, 0.15) is 46.5 Å². The van der Waals surface area contributed by atoms with Crippen LogP contribution >= 0.6 is 0 Å². The quantitative estimate of drug-likeness (QED) is 0.837. The molecular weight excluding hydrogens is 269 g/mol. The Labute approximate surface area is 119 Å². The Balaban J connectivity index is 2.65. The summed E-state index contributed by atoms with van der Waals surface area (Å²) in [5.41, 5.74) is -0.0657. The molecule has 0 aromatic carbocycles. The molecule has 20 heavy (non-hydrogen) atoms. The Kier molecular flexibility index (Phi) is 5.87. The van der Waals surface area contributed by atoms with Gasteiger partial charge in [0.2, 0.25) is 0 Å². The zero-order valence-corrected chi connectivity index (χ0v) is 12.8. The number of rotatable bonds is 4. The highest BCUT2D eigenvalue weighted by Gasteiger charge is 2.40. The van der Waals surface area contributed by atoms with Gasteiger partial charge >= 0.3 is 6.18 Å². The molecule has 0 bridgehead atoms. The highest BCUT2D eigenvalue weighted by Crippen LogP contribution is 2.26. The van der Waals surface area contributed by atoms with Gasteiger partial charge in [-0.2, -0.15) is 13.2 Å². The van der Waals surface area contributed by atoms with Gasteiger partial charge in [0, 0.05) is 24.2 Å². The van der Waals surface area contributed by atoms with Crippen LogP contribution in [0.4, 0.5) is 13.2 Å². The molecule has 0 aromatic heterocycles. The standard InChI is InChI=1S/C14H27F3N2O/c1-13(2,3)18-10-7-5-6-8-11(10)19(4)9-12(20)14(15,16)17/h10-12,18,20H,5-9H2,1-4H3/t10-,11-,12+/m0/s1. The number of hydrogen-bond donors (Lipinski definition) is 2. The Hall–Kier alpha value is -0.330. The minimum absolute atomic E-state index is 0.0416. The van der Waals surface area contributed by atoms with Crippen molar-refractivity contribution in [3.8, 4) is 0 Å². The van der Waals surface area contributed by atoms with Gasteiger partial charge in [0.1, 0.15) is 0 Å². The van der Waals surface area contributed by atoms with Crippen LogP contribution in [0.5, 0.6) is 0 Å². The molecule has 0 spiro atoms. The summed E-state index contributed by atoms with van der Waals surface area (Å²) < 4.78 is 37.4. The lowest BCUT2D eigenvalue weighted by atomic mass is 9.87. The van der Waals surface area contributed by atoms with E-state index >= 15 is 0 Å². The molecule has 1 saturated carbocycles. The summed E-state index contributed by atoms with van der Waals surface area (Å²) in [6.45, 7) is 5.81. The molecule has 0 aromatic rings. The van der Waals surface area contributed by atoms with E-state index in [4.69, 9.17) is 0 Å². The third-order valence-electron chi connectivity index (χ3n) is 3.75. The summed E-state index contributed by atoms with van der Waals surface area (Å²) in [5.74, 6) is 0. The fourth-order valence-electron chi connectivity index (χ4n) is 2.88. The summed E-state index contributed by atoms with van der Waals surface area (Å²) >= 11 is 0. The smallest absolute Gasteiger partial charge is 0.382 e. The molecule has 1 rings (SSSR count). The molecule has 0 saturated heterocycles. The lowest BCUT2D eigenvalue weighted by Gasteiger charge is -2.42. The van der Waals surface area contributed by atoms with E-state index < -0.39 is 12.3 Å². The van der Waals surface area contributed by atoms with Crippen molar-refractivity contribution < 1.29 is 18.3 Å². The van der Waals surface area contributed by atoms with Gasteiger partial charge in [0.25, 0.3) is 0 Å². The topological polar surface area (TPSA) is 35.5 Å². The van der Waals surface area contributed by atoms with Gasteiger partial charge in [-0.1, -0.05) is 12.8 Å². The first-order valence-electron chi connectivity index (χ1n) is 7.23. The molecular formula is C14H27F3N2O. The van der Waals surface area contributed by atoms with Crippen LogP contribution in [-0.2, 0) is 0 Å². The van der Waals surface area contributed by atoms with Gasteiger partial charge in [-0.25, -0.2) is 0 Å². The van der Waals surface area contributed by atoms with Crippen molar-refractivity contribution in [1.29, 1.82) is 0 Å². The summed E-state index contributed by atoms with van der Waals surface area (Å²) in [5, 5.41) is 12.7. The van der Waals surface area contributed by atoms with E-state index in [1.54, 1.807) is 11.9 Å². The van der Waals surface area contributed by atoms with Crippen LogP contribution in [0.25, 0.3) is 0 Å². The number of nitrogens with zero attached hydrogens (tertiary/aromatic N) is 1. The second-order valence-electron chi connectivity index (χ2n) is 6.85. The fraction of sp³-hybridized carbons (Fsp3) is 1.00. The van der Waals surface area contributed by atoms with Crippen molar-refractivity contribution in [1.82, 2.24) is 10.2 Å². The lowest BCUT2D eigenvalue weighted by Crippen LogP contribution is -2.57. The molecule has 0 radical (unpaired) electrons. The van der Waals surface area contributed by atoms with E-state index in [-0.39, 0.29) is 24.2 Å². The van der Waals surface area contributed by atoms with Crippen LogP contribution in [0.3, 0.4) is 0 Å². The molecule has 3 nitrogen and oxygen atoms in total. The first kappa shape index (κ1) is 17.7. The van der Waals surface area contributed by atoms with Crippen LogP contribution in [0.2, 0.25) is 0 Å². The van der Waals surface area contributed by atoms with Gasteiger partial charge in [0.15, 0.2) is 6.10 Å². The summed E-state index contributed by atoms with van der Waals surface area (Å²) in [6, 6.07) is 0.217. The number of alkyl halides is 3. The molecule has 1 fully saturated rings. The highest BCUT2D eigenvalue weighted by molar-refractivity contribution is 4.91. The third-order valence-corrected chi connectivity index (χ3v) is 3.75. The van der Waals surface area contributed by atoms with Crippen molar-refractivity contribution in [2.75, 3.05) is 13.6 Å². The van der Waals surface area contributed by atoms with Crippen molar-refractivity contribution in [3.63, 3.8) is 0 Å². The normalized spacial score (nSPS) is 26.9. The van der Waals surface area contributed by atoms with E-state index in [1.165, 1.54) is 0 Å². The molecule has 120 valence electrons. The van der Waals surface area contributed by atoms with Gasteiger partial charge in [-0.15, -0.1) is 0 Å². The van der Waals surface area contributed by atoms with Crippen molar-refractivity contribution in [3.05, 3.63) is 0 Å². The van der Waals surface area contributed by atoms with Gasteiger partial charge in [0.05, 0.1) is 0 Å². The summed E-state index contributed by atoms with van der Waals surface area (Å²) in [6.07, 6.45) is -2.86. The van der Waals surface area contributed by atoms with Crippen molar-refractivity contribution >= 4 is 0 Å². The second kappa shape index (κ2) is 6.62. The predicted molar refractivity (Wildman–Crippen MR) is 73.6 cm³/mol. The van der Waals surface area contributed by atoms with E-state index in [2.05, 4.69) is 26.1 Å². The van der Waals surface area contributed by atoms with Crippen molar-refractivity contribution in [2.45, 2.75) is 76.4 Å². The molecule has 0 unspecified atom stereocenters. The highest BCUT2D eigenvalue weighted by atomic mass is 19.4. The maximum atomic E-state index is 12.5. The Morgan fingerprint density at radius 1 is 1.20 bits per heavy atom. The fourth-order valence-corrected chi connectivity index (χ4v) is 2.88. The van der Waals surface area contributed by atoms with Crippen LogP contribution in [0.15, 0.2) is 0 Å². The van der Waals surface area contributed by atoms with Gasteiger partial charge in [-0.05, 0) is 40.7 Å². The lowest BCUT2D eigenvalue weighted by molar-refractivity contribution is -0.209. The first-order valence-corrected chi connectivity index (χ1v) is 7.23. The zero-order chi connectivity index (χ0) is 15.6. The van der Waals surface area contributed by atoms with Gasteiger partial charge < -0.3 is 10.4 Å². The van der Waals surface area contributed by atoms with Gasteiger partial charge in [-0.3, -0.25) is 4.90 Å². The number of aliphatic hydroxyl groups excluding tert-OH is 1. The van der Waals surface area contributed by atoms with E-state index in [0.717, 1.165) is 25.7 Å². The molecule has 0 aliphatic heterocycles. The number of aliphatic hydroxyl groups is 1. The Morgan fingerprint density at radius 3 is 2.25 bits per heavy atom. The van der Waals surface area contributed by atoms with E-state index in [9.17, 15) is 18.3 Å². The Morgan fingerprint density at radius 2 is 1.75 bits per heavy atom. The maximum Gasteiger partial charge on any atom is 0.415 e. The minimum atomic E-state index is -4.55.